The zero-order chi connectivity index (χ0) is 11.5. The fourth-order valence-electron chi connectivity index (χ4n) is 2.37. The molecular weight excluding hydrogens is 284 g/mol. The lowest BCUT2D eigenvalue weighted by molar-refractivity contribution is 0.244. The van der Waals surface area contributed by atoms with E-state index in [9.17, 15) is 0 Å². The number of nitrogens with zero attached hydrogens (tertiary/aromatic N) is 1. The molecule has 0 amide bonds. The van der Waals surface area contributed by atoms with Gasteiger partial charge in [-0.25, -0.2) is 0 Å². The molecule has 0 bridgehead atoms. The van der Waals surface area contributed by atoms with Gasteiger partial charge in [0.1, 0.15) is 0 Å². The van der Waals surface area contributed by atoms with Crippen LogP contribution < -0.4 is 5.32 Å². The molecule has 1 unspecified atom stereocenters. The van der Waals surface area contributed by atoms with Gasteiger partial charge >= 0.3 is 0 Å². The highest BCUT2D eigenvalue weighted by molar-refractivity contribution is 9.10. The molecule has 2 nitrogen and oxygen atoms in total. The third-order valence-corrected chi connectivity index (χ3v) is 5.33. The molecule has 0 saturated carbocycles. The summed E-state index contributed by atoms with van der Waals surface area (Å²) in [6.45, 7) is 5.66. The monoisotopic (exact) mass is 302 g/mol. The van der Waals surface area contributed by atoms with Crippen molar-refractivity contribution in [2.45, 2.75) is 32.4 Å². The number of aryl methyl sites for hydroxylation is 1. The van der Waals surface area contributed by atoms with Crippen LogP contribution in [0.4, 0.5) is 0 Å². The highest BCUT2D eigenvalue weighted by atomic mass is 79.9. The average molecular weight is 303 g/mol. The molecule has 1 aromatic rings. The van der Waals surface area contributed by atoms with Crippen molar-refractivity contribution in [1.29, 1.82) is 0 Å². The van der Waals surface area contributed by atoms with Crippen LogP contribution in [0.1, 0.15) is 22.6 Å². The second kappa shape index (κ2) is 5.63. The molecule has 1 fully saturated rings. The van der Waals surface area contributed by atoms with Gasteiger partial charge in [-0.3, -0.25) is 4.90 Å². The Bertz CT molecular complexity index is 331. The summed E-state index contributed by atoms with van der Waals surface area (Å²) in [7, 11) is 2.04. The van der Waals surface area contributed by atoms with E-state index in [1.54, 1.807) is 0 Å². The lowest BCUT2D eigenvalue weighted by Crippen LogP contribution is -2.36. The Morgan fingerprint density at radius 1 is 1.62 bits per heavy atom. The van der Waals surface area contributed by atoms with Crippen molar-refractivity contribution in [2.24, 2.45) is 0 Å². The van der Waals surface area contributed by atoms with Crippen molar-refractivity contribution in [2.75, 3.05) is 20.1 Å². The second-order valence-corrected chi connectivity index (χ2v) is 6.64. The smallest absolute Gasteiger partial charge is 0.0331 e. The number of hydrogen-bond donors (Lipinski definition) is 1. The summed E-state index contributed by atoms with van der Waals surface area (Å²) in [5, 5.41) is 3.29. The predicted molar refractivity (Wildman–Crippen MR) is 74.1 cm³/mol. The van der Waals surface area contributed by atoms with Crippen LogP contribution in [0.2, 0.25) is 0 Å². The van der Waals surface area contributed by atoms with Crippen LogP contribution in [0.3, 0.4) is 0 Å². The number of likely N-dealkylation sites (N-methyl/N-ethyl adjacent to an activating group) is 1. The van der Waals surface area contributed by atoms with Crippen molar-refractivity contribution in [1.82, 2.24) is 10.2 Å². The number of halogens is 1. The van der Waals surface area contributed by atoms with Gasteiger partial charge in [0.15, 0.2) is 0 Å². The van der Waals surface area contributed by atoms with E-state index in [0.29, 0.717) is 0 Å². The zero-order valence-electron chi connectivity index (χ0n) is 9.92. The van der Waals surface area contributed by atoms with E-state index in [2.05, 4.69) is 39.1 Å². The SMILES string of the molecule is CNCC1CCCN1Cc1cc(Br)c(C)s1. The van der Waals surface area contributed by atoms with Gasteiger partial charge in [-0.1, -0.05) is 0 Å². The molecule has 1 N–H and O–H groups in total. The van der Waals surface area contributed by atoms with Crippen LogP contribution in [-0.2, 0) is 6.54 Å². The maximum Gasteiger partial charge on any atom is 0.0331 e. The Morgan fingerprint density at radius 3 is 3.06 bits per heavy atom. The number of nitrogens with one attached hydrogen (secondary N) is 1. The van der Waals surface area contributed by atoms with Crippen LogP contribution in [-0.4, -0.2) is 31.1 Å². The molecule has 0 aliphatic carbocycles. The van der Waals surface area contributed by atoms with Gasteiger partial charge < -0.3 is 5.32 Å². The van der Waals surface area contributed by atoms with E-state index in [1.807, 2.05) is 18.4 Å². The number of hydrogen-bond acceptors (Lipinski definition) is 3. The standard InChI is InChI=1S/C12H19BrN2S/c1-9-12(13)6-11(16-9)8-15-5-3-4-10(15)7-14-2/h6,10,14H,3-5,7-8H2,1-2H3. The van der Waals surface area contributed by atoms with Gasteiger partial charge in [0.2, 0.25) is 0 Å². The van der Waals surface area contributed by atoms with E-state index >= 15 is 0 Å². The van der Waals surface area contributed by atoms with Gasteiger partial charge in [0.25, 0.3) is 0 Å². The Hall–Kier alpha value is 0.1000. The molecule has 90 valence electrons. The van der Waals surface area contributed by atoms with Crippen LogP contribution in [0.25, 0.3) is 0 Å². The third-order valence-electron chi connectivity index (χ3n) is 3.21. The first-order valence-corrected chi connectivity index (χ1v) is 7.45. The number of likely N-dealkylation sites (tertiary alicyclic amines) is 1. The van der Waals surface area contributed by atoms with Crippen LogP contribution in [0.5, 0.6) is 0 Å². The minimum atomic E-state index is 0.728. The molecule has 1 saturated heterocycles. The first-order valence-electron chi connectivity index (χ1n) is 5.84. The topological polar surface area (TPSA) is 15.3 Å². The Balaban J connectivity index is 1.98. The zero-order valence-corrected chi connectivity index (χ0v) is 12.3. The molecule has 2 heterocycles. The minimum Gasteiger partial charge on any atom is -0.318 e. The Kier molecular flexibility index (Phi) is 4.41. The third kappa shape index (κ3) is 2.86. The Morgan fingerprint density at radius 2 is 2.44 bits per heavy atom. The first-order chi connectivity index (χ1) is 7.70. The largest absolute Gasteiger partial charge is 0.318 e. The lowest BCUT2D eigenvalue weighted by Gasteiger charge is -2.23. The summed E-state index contributed by atoms with van der Waals surface area (Å²) in [5.74, 6) is 0. The van der Waals surface area contributed by atoms with E-state index in [-0.39, 0.29) is 0 Å². The lowest BCUT2D eigenvalue weighted by atomic mass is 10.2. The molecule has 1 aliphatic rings. The fourth-order valence-corrected chi connectivity index (χ4v) is 3.99. The number of rotatable bonds is 4. The van der Waals surface area contributed by atoms with E-state index in [4.69, 9.17) is 0 Å². The van der Waals surface area contributed by atoms with Gasteiger partial charge in [0.05, 0.1) is 0 Å². The molecule has 1 aliphatic heterocycles. The maximum atomic E-state index is 3.59. The molecule has 1 aromatic heterocycles. The quantitative estimate of drug-likeness (QED) is 0.920. The molecule has 16 heavy (non-hydrogen) atoms. The molecule has 0 spiro atoms. The van der Waals surface area contributed by atoms with Crippen LogP contribution in [0.15, 0.2) is 10.5 Å². The summed E-state index contributed by atoms with van der Waals surface area (Å²) >= 11 is 5.50. The molecule has 2 rings (SSSR count). The van der Waals surface area contributed by atoms with E-state index in [0.717, 1.165) is 19.1 Å². The van der Waals surface area contributed by atoms with Gasteiger partial charge in [-0.2, -0.15) is 0 Å². The molecular formula is C12H19BrN2S. The predicted octanol–water partition coefficient (Wildman–Crippen LogP) is 3.00. The normalized spacial score (nSPS) is 21.8. The summed E-state index contributed by atoms with van der Waals surface area (Å²) in [6.07, 6.45) is 2.68. The van der Waals surface area contributed by atoms with Gasteiger partial charge in [0, 0.05) is 33.4 Å². The van der Waals surface area contributed by atoms with Crippen molar-refractivity contribution in [3.05, 3.63) is 20.3 Å². The number of thiophene rings is 1. The van der Waals surface area contributed by atoms with Crippen molar-refractivity contribution >= 4 is 27.3 Å². The van der Waals surface area contributed by atoms with Crippen molar-refractivity contribution < 1.29 is 0 Å². The molecule has 0 radical (unpaired) electrons. The highest BCUT2D eigenvalue weighted by Gasteiger charge is 2.24. The molecule has 1 atom stereocenters. The van der Waals surface area contributed by atoms with Gasteiger partial charge in [-0.05, 0) is 55.4 Å². The van der Waals surface area contributed by atoms with Crippen LogP contribution >= 0.6 is 27.3 Å². The Labute approximate surface area is 110 Å². The summed E-state index contributed by atoms with van der Waals surface area (Å²) in [4.78, 5) is 5.47. The highest BCUT2D eigenvalue weighted by Crippen LogP contribution is 2.29. The first kappa shape index (κ1) is 12.6. The minimum absolute atomic E-state index is 0.728. The van der Waals surface area contributed by atoms with Crippen molar-refractivity contribution in [3.63, 3.8) is 0 Å². The molecule has 4 heteroatoms. The van der Waals surface area contributed by atoms with E-state index in [1.165, 1.54) is 33.6 Å². The van der Waals surface area contributed by atoms with Crippen molar-refractivity contribution in [3.8, 4) is 0 Å². The average Bonchev–Trinajstić information content (AvgIpc) is 2.77. The molecule has 0 aromatic carbocycles. The second-order valence-electron chi connectivity index (χ2n) is 4.44. The van der Waals surface area contributed by atoms with E-state index < -0.39 is 0 Å². The fraction of sp³-hybridized carbons (Fsp3) is 0.667. The van der Waals surface area contributed by atoms with Crippen LogP contribution in [0, 0.1) is 6.92 Å². The summed E-state index contributed by atoms with van der Waals surface area (Å²) in [6, 6.07) is 3.00. The maximum absolute atomic E-state index is 3.59. The van der Waals surface area contributed by atoms with Gasteiger partial charge in [-0.15, -0.1) is 11.3 Å². The summed E-state index contributed by atoms with van der Waals surface area (Å²) < 4.78 is 1.26. The summed E-state index contributed by atoms with van der Waals surface area (Å²) in [5.41, 5.74) is 0.